The molecule has 0 unspecified atom stereocenters. The summed E-state index contributed by atoms with van der Waals surface area (Å²) in [5.74, 6) is 3.27. The van der Waals surface area contributed by atoms with Crippen molar-refractivity contribution in [3.63, 3.8) is 0 Å². The number of rotatable bonds is 5. The number of nitrogens with zero attached hydrogens (tertiary/aromatic N) is 3. The summed E-state index contributed by atoms with van der Waals surface area (Å²) < 4.78 is 31.0. The normalized spacial score (nSPS) is 25.3. The number of aromatic nitrogens is 3. The topological polar surface area (TPSA) is 74.1 Å². The largest absolute Gasteiger partial charge is 0.381 e. The molecule has 1 aromatic heterocycles. The molecule has 3 heterocycles. The second kappa shape index (κ2) is 6.89. The van der Waals surface area contributed by atoms with Gasteiger partial charge >= 0.3 is 0 Å². The van der Waals surface area contributed by atoms with Crippen LogP contribution >= 0.6 is 0 Å². The molecule has 0 aliphatic carbocycles. The molecule has 0 saturated carbocycles. The van der Waals surface area contributed by atoms with Crippen LogP contribution in [-0.4, -0.2) is 47.9 Å². The van der Waals surface area contributed by atoms with Gasteiger partial charge in [0.1, 0.15) is 5.82 Å². The van der Waals surface area contributed by atoms with Gasteiger partial charge < -0.3 is 4.74 Å². The molecule has 3 rings (SSSR count). The van der Waals surface area contributed by atoms with Gasteiger partial charge in [-0.05, 0) is 31.6 Å². The highest BCUT2D eigenvalue weighted by Gasteiger charge is 2.32. The van der Waals surface area contributed by atoms with Gasteiger partial charge in [0.2, 0.25) is 0 Å². The number of hydrogen-bond donors (Lipinski definition) is 0. The maximum Gasteiger partial charge on any atom is 0.154 e. The molecule has 0 bridgehead atoms. The zero-order chi connectivity index (χ0) is 16.4. The minimum atomic E-state index is -2.92. The lowest BCUT2D eigenvalue weighted by molar-refractivity contribution is 0.0835. The third-order valence-electron chi connectivity index (χ3n) is 4.80. The second-order valence-corrected chi connectivity index (χ2v) is 9.44. The van der Waals surface area contributed by atoms with Gasteiger partial charge in [-0.3, -0.25) is 0 Å². The molecule has 130 valence electrons. The fourth-order valence-corrected chi connectivity index (χ4v) is 5.04. The van der Waals surface area contributed by atoms with Crippen molar-refractivity contribution in [3.05, 3.63) is 11.6 Å². The van der Waals surface area contributed by atoms with E-state index in [2.05, 4.69) is 13.8 Å². The SMILES string of the molecule is CC(C)CCc1nc(C2CCOCC2)nn1[C@@H]1CCS(=O)(=O)C1. The second-order valence-electron chi connectivity index (χ2n) is 7.21. The summed E-state index contributed by atoms with van der Waals surface area (Å²) in [4.78, 5) is 4.80. The first-order valence-corrected chi connectivity index (χ1v) is 10.5. The van der Waals surface area contributed by atoms with Crippen molar-refractivity contribution in [2.75, 3.05) is 24.7 Å². The van der Waals surface area contributed by atoms with Crippen LogP contribution in [0, 0.1) is 5.92 Å². The Balaban J connectivity index is 1.84. The van der Waals surface area contributed by atoms with Crippen LogP contribution in [-0.2, 0) is 21.0 Å². The van der Waals surface area contributed by atoms with Gasteiger partial charge in [0.15, 0.2) is 15.7 Å². The number of ether oxygens (including phenoxy) is 1. The average Bonchev–Trinajstić information content (AvgIpc) is 3.09. The third-order valence-corrected chi connectivity index (χ3v) is 6.55. The summed E-state index contributed by atoms with van der Waals surface area (Å²) >= 11 is 0. The predicted molar refractivity (Wildman–Crippen MR) is 88.3 cm³/mol. The molecule has 7 heteroatoms. The van der Waals surface area contributed by atoms with E-state index in [0.717, 1.165) is 50.5 Å². The summed E-state index contributed by atoms with van der Waals surface area (Å²) in [6.45, 7) is 5.91. The van der Waals surface area contributed by atoms with Crippen LogP contribution in [0.1, 0.15) is 63.1 Å². The van der Waals surface area contributed by atoms with E-state index in [0.29, 0.717) is 18.3 Å². The first-order valence-electron chi connectivity index (χ1n) is 8.68. The van der Waals surface area contributed by atoms with Crippen molar-refractivity contribution in [1.29, 1.82) is 0 Å². The Hall–Kier alpha value is -0.950. The Morgan fingerprint density at radius 3 is 2.61 bits per heavy atom. The van der Waals surface area contributed by atoms with Crippen molar-refractivity contribution < 1.29 is 13.2 Å². The fraction of sp³-hybridized carbons (Fsp3) is 0.875. The molecule has 1 atom stereocenters. The summed E-state index contributed by atoms with van der Waals surface area (Å²) in [5.41, 5.74) is 0. The van der Waals surface area contributed by atoms with E-state index in [1.807, 2.05) is 4.68 Å². The van der Waals surface area contributed by atoms with Crippen LogP contribution in [0.5, 0.6) is 0 Å². The fourth-order valence-electron chi connectivity index (χ4n) is 3.35. The van der Waals surface area contributed by atoms with E-state index in [9.17, 15) is 8.42 Å². The van der Waals surface area contributed by atoms with Gasteiger partial charge in [-0.25, -0.2) is 18.1 Å². The maximum atomic E-state index is 11.8. The Labute approximate surface area is 138 Å². The molecule has 0 aromatic carbocycles. The molecular formula is C16H27N3O3S. The monoisotopic (exact) mass is 341 g/mol. The number of aryl methyl sites for hydroxylation is 1. The average molecular weight is 341 g/mol. The van der Waals surface area contributed by atoms with Crippen LogP contribution in [0.2, 0.25) is 0 Å². The first kappa shape index (κ1) is 16.9. The number of sulfone groups is 1. The van der Waals surface area contributed by atoms with E-state index in [1.165, 1.54) is 0 Å². The Morgan fingerprint density at radius 2 is 2.00 bits per heavy atom. The summed E-state index contributed by atoms with van der Waals surface area (Å²) in [6.07, 6.45) is 4.48. The zero-order valence-corrected chi connectivity index (χ0v) is 14.9. The molecule has 1 aromatic rings. The van der Waals surface area contributed by atoms with Crippen LogP contribution < -0.4 is 0 Å². The van der Waals surface area contributed by atoms with Crippen LogP contribution in [0.25, 0.3) is 0 Å². The summed E-state index contributed by atoms with van der Waals surface area (Å²) in [6, 6.07) is -0.0387. The maximum absolute atomic E-state index is 11.8. The molecule has 2 aliphatic rings. The Kier molecular flexibility index (Phi) is 5.06. The molecular weight excluding hydrogens is 314 g/mol. The van der Waals surface area contributed by atoms with Crippen molar-refractivity contribution in [2.45, 2.75) is 57.9 Å². The van der Waals surface area contributed by atoms with Gasteiger partial charge in [-0.1, -0.05) is 13.8 Å². The van der Waals surface area contributed by atoms with Gasteiger partial charge in [0.25, 0.3) is 0 Å². The summed E-state index contributed by atoms with van der Waals surface area (Å²) in [5, 5.41) is 4.74. The lowest BCUT2D eigenvalue weighted by atomic mass is 10.00. The van der Waals surface area contributed by atoms with Crippen LogP contribution in [0.4, 0.5) is 0 Å². The highest BCUT2D eigenvalue weighted by molar-refractivity contribution is 7.91. The Morgan fingerprint density at radius 1 is 1.26 bits per heavy atom. The van der Waals surface area contributed by atoms with E-state index in [1.54, 1.807) is 0 Å². The van der Waals surface area contributed by atoms with E-state index < -0.39 is 9.84 Å². The zero-order valence-electron chi connectivity index (χ0n) is 14.1. The van der Waals surface area contributed by atoms with E-state index in [4.69, 9.17) is 14.8 Å². The minimum Gasteiger partial charge on any atom is -0.381 e. The number of hydrogen-bond acceptors (Lipinski definition) is 5. The van der Waals surface area contributed by atoms with Crippen molar-refractivity contribution in [2.24, 2.45) is 5.92 Å². The molecule has 6 nitrogen and oxygen atoms in total. The van der Waals surface area contributed by atoms with Crippen LogP contribution in [0.15, 0.2) is 0 Å². The minimum absolute atomic E-state index is 0.0387. The molecule has 2 fully saturated rings. The molecule has 2 saturated heterocycles. The summed E-state index contributed by atoms with van der Waals surface area (Å²) in [7, 11) is -2.92. The highest BCUT2D eigenvalue weighted by Crippen LogP contribution is 2.29. The Bertz CT molecular complexity index is 633. The third kappa shape index (κ3) is 4.12. The van der Waals surface area contributed by atoms with Gasteiger partial charge in [-0.15, -0.1) is 0 Å². The predicted octanol–water partition coefficient (Wildman–Crippen LogP) is 2.12. The molecule has 0 spiro atoms. The lowest BCUT2D eigenvalue weighted by Gasteiger charge is -2.19. The van der Waals surface area contributed by atoms with E-state index in [-0.39, 0.29) is 17.5 Å². The van der Waals surface area contributed by atoms with Gasteiger partial charge in [0, 0.05) is 25.6 Å². The molecule has 0 amide bonds. The van der Waals surface area contributed by atoms with Crippen LogP contribution in [0.3, 0.4) is 0 Å². The first-order chi connectivity index (χ1) is 10.9. The quantitative estimate of drug-likeness (QED) is 0.820. The smallest absolute Gasteiger partial charge is 0.154 e. The van der Waals surface area contributed by atoms with Crippen molar-refractivity contribution in [3.8, 4) is 0 Å². The standard InChI is InChI=1S/C16H27N3O3S/c1-12(2)3-4-15-17-16(13-5-8-22-9-6-13)18-19(15)14-7-10-23(20,21)11-14/h12-14H,3-11H2,1-2H3/t14-/m1/s1. The molecule has 0 N–H and O–H groups in total. The highest BCUT2D eigenvalue weighted by atomic mass is 32.2. The van der Waals surface area contributed by atoms with E-state index >= 15 is 0 Å². The molecule has 23 heavy (non-hydrogen) atoms. The molecule has 2 aliphatic heterocycles. The lowest BCUT2D eigenvalue weighted by Crippen LogP contribution is -2.17. The van der Waals surface area contributed by atoms with Gasteiger partial charge in [0.05, 0.1) is 17.5 Å². The van der Waals surface area contributed by atoms with Gasteiger partial charge in [-0.2, -0.15) is 5.10 Å². The van der Waals surface area contributed by atoms with Crippen molar-refractivity contribution >= 4 is 9.84 Å². The molecule has 0 radical (unpaired) electrons. The van der Waals surface area contributed by atoms with Crippen molar-refractivity contribution in [1.82, 2.24) is 14.8 Å².